The van der Waals surface area contributed by atoms with Crippen LogP contribution in [0, 0.1) is 0 Å². The highest BCUT2D eigenvalue weighted by atomic mass is 28.4. The maximum absolute atomic E-state index is 10.8. The quantitative estimate of drug-likeness (QED) is 0.234. The van der Waals surface area contributed by atoms with Gasteiger partial charge < -0.3 is 23.7 Å². The average molecular weight is 408 g/mol. The molecule has 0 bridgehead atoms. The lowest BCUT2D eigenvalue weighted by molar-refractivity contribution is -0.125. The highest BCUT2D eigenvalue weighted by molar-refractivity contribution is 6.71. The fourth-order valence-electron chi connectivity index (χ4n) is 2.29. The molecule has 0 aromatic carbocycles. The second-order valence-corrected chi connectivity index (χ2v) is 22.4. The van der Waals surface area contributed by atoms with Gasteiger partial charge in [-0.2, -0.15) is 0 Å². The topological polar surface area (TPSA) is 80.0 Å². The molecule has 148 valence electrons. The summed E-state index contributed by atoms with van der Waals surface area (Å²) in [6, 6.07) is 0. The molecule has 6 nitrogen and oxygen atoms in total. The van der Waals surface area contributed by atoms with Crippen molar-refractivity contribution < 1.29 is 22.8 Å². The monoisotopic (exact) mass is 407 g/mol. The summed E-state index contributed by atoms with van der Waals surface area (Å²) in [5.41, 5.74) is 5.04. The van der Waals surface area contributed by atoms with Crippen molar-refractivity contribution in [2.24, 2.45) is 5.73 Å². The van der Waals surface area contributed by atoms with Crippen molar-refractivity contribution in [3.05, 3.63) is 12.3 Å². The number of amides is 1. The van der Waals surface area contributed by atoms with E-state index in [1.807, 2.05) is 0 Å². The zero-order chi connectivity index (χ0) is 20.1. The van der Waals surface area contributed by atoms with Gasteiger partial charge in [-0.15, -0.1) is 0 Å². The fourth-order valence-corrected chi connectivity index (χ4v) is 5.76. The van der Waals surface area contributed by atoms with Crippen LogP contribution in [0.1, 0.15) is 12.8 Å². The van der Waals surface area contributed by atoms with Crippen LogP contribution in [0.3, 0.4) is 0 Å². The molecule has 0 fully saturated rings. The van der Waals surface area contributed by atoms with Crippen molar-refractivity contribution >= 4 is 31.0 Å². The van der Waals surface area contributed by atoms with Crippen molar-refractivity contribution in [2.75, 3.05) is 6.61 Å². The Bertz CT molecular complexity index is 448. The summed E-state index contributed by atoms with van der Waals surface area (Å²) >= 11 is 0. The lowest BCUT2D eigenvalue weighted by atomic mass is 10.1. The summed E-state index contributed by atoms with van der Waals surface area (Å²) in [4.78, 5) is 10.8. The van der Waals surface area contributed by atoms with Crippen LogP contribution >= 0.6 is 0 Å². The Labute approximate surface area is 156 Å². The highest BCUT2D eigenvalue weighted by Crippen LogP contribution is 2.36. The number of hydrogen-bond donors (Lipinski definition) is 1. The van der Waals surface area contributed by atoms with E-state index in [0.29, 0.717) is 18.6 Å². The van der Waals surface area contributed by atoms with E-state index in [-0.39, 0.29) is 6.61 Å². The zero-order valence-electron chi connectivity index (χ0n) is 17.4. The molecular weight excluding hydrogens is 370 g/mol. The molecule has 0 aliphatic rings. The second kappa shape index (κ2) is 8.85. The van der Waals surface area contributed by atoms with Crippen molar-refractivity contribution in [1.29, 1.82) is 0 Å². The van der Waals surface area contributed by atoms with Gasteiger partial charge in [0.05, 0.1) is 6.61 Å². The number of carbonyl (C=O) groups is 1. The van der Waals surface area contributed by atoms with E-state index in [9.17, 15) is 4.79 Å². The van der Waals surface area contributed by atoms with Gasteiger partial charge in [0.2, 0.25) is 14.1 Å². The molecule has 0 unspecified atom stereocenters. The molecule has 25 heavy (non-hydrogen) atoms. The third kappa shape index (κ3) is 11.6. The minimum atomic E-state index is -1.97. The van der Waals surface area contributed by atoms with E-state index in [1.165, 1.54) is 0 Å². The first-order chi connectivity index (χ1) is 11.0. The number of nitrogens with two attached hydrogens (primary N) is 1. The van der Waals surface area contributed by atoms with Gasteiger partial charge in [-0.05, 0) is 65.3 Å². The fraction of sp³-hybridized carbons (Fsp3) is 0.812. The van der Waals surface area contributed by atoms with Crippen molar-refractivity contribution in [3.8, 4) is 0 Å². The molecule has 0 heterocycles. The predicted octanol–water partition coefficient (Wildman–Crippen LogP) is 4.63. The number of hydrogen-bond acceptors (Lipinski definition) is 5. The first-order valence-corrected chi connectivity index (χ1v) is 18.9. The molecule has 0 radical (unpaired) electrons. The summed E-state index contributed by atoms with van der Waals surface area (Å²) in [7, 11) is -5.83. The van der Waals surface area contributed by atoms with Gasteiger partial charge in [-0.1, -0.05) is 6.58 Å². The Hall–Kier alpha value is -0.619. The normalized spacial score (nSPS) is 13.5. The Balaban J connectivity index is 5.62. The molecule has 2 N–H and O–H groups in total. The molecule has 0 atom stereocenters. The zero-order valence-corrected chi connectivity index (χ0v) is 20.4. The Morgan fingerprint density at radius 3 is 1.68 bits per heavy atom. The second-order valence-electron chi connectivity index (χ2n) is 9.09. The number of carbonyl (C=O) groups excluding carboxylic acids is 1. The van der Waals surface area contributed by atoms with Gasteiger partial charge in [-0.3, -0.25) is 0 Å². The first-order valence-electron chi connectivity index (χ1n) is 8.67. The van der Waals surface area contributed by atoms with Gasteiger partial charge in [0.25, 0.3) is 0 Å². The SMILES string of the molecule is C=C(O[Si](C)(C)C)C(CCCOC(N)=O)(O[Si](C)(C)C)O[Si](C)(C)C. The van der Waals surface area contributed by atoms with Crippen molar-refractivity contribution in [2.45, 2.75) is 77.6 Å². The van der Waals surface area contributed by atoms with Crippen LogP contribution < -0.4 is 5.73 Å². The minimum absolute atomic E-state index is 0.210. The molecular formula is C16H37NO5Si3. The van der Waals surface area contributed by atoms with Crippen LogP contribution in [-0.2, 0) is 18.0 Å². The van der Waals surface area contributed by atoms with Crippen LogP contribution in [-0.4, -0.2) is 43.4 Å². The molecule has 0 aliphatic carbocycles. The summed E-state index contributed by atoms with van der Waals surface area (Å²) in [6.45, 7) is 23.3. The van der Waals surface area contributed by atoms with E-state index >= 15 is 0 Å². The molecule has 0 rings (SSSR count). The van der Waals surface area contributed by atoms with E-state index in [1.54, 1.807) is 0 Å². The van der Waals surface area contributed by atoms with Crippen LogP contribution in [0.2, 0.25) is 58.9 Å². The molecule has 0 saturated carbocycles. The Kier molecular flexibility index (Phi) is 8.63. The van der Waals surface area contributed by atoms with Crippen LogP contribution in [0.5, 0.6) is 0 Å². The molecule has 0 saturated heterocycles. The van der Waals surface area contributed by atoms with E-state index in [2.05, 4.69) is 65.5 Å². The number of rotatable bonds is 11. The molecule has 0 aromatic heterocycles. The average Bonchev–Trinajstić information content (AvgIpc) is 2.27. The largest absolute Gasteiger partial charge is 0.544 e. The number of ether oxygens (including phenoxy) is 1. The number of primary amides is 1. The van der Waals surface area contributed by atoms with Crippen LogP contribution in [0.4, 0.5) is 4.79 Å². The lowest BCUT2D eigenvalue weighted by Gasteiger charge is -2.45. The van der Waals surface area contributed by atoms with E-state index < -0.39 is 36.8 Å². The molecule has 1 amide bonds. The molecule has 0 aliphatic heterocycles. The van der Waals surface area contributed by atoms with Gasteiger partial charge in [-0.25, -0.2) is 4.79 Å². The van der Waals surface area contributed by atoms with Crippen molar-refractivity contribution in [3.63, 3.8) is 0 Å². The summed E-state index contributed by atoms with van der Waals surface area (Å²) in [6.07, 6.45) is 0.268. The van der Waals surface area contributed by atoms with Gasteiger partial charge in [0.1, 0.15) is 5.76 Å². The lowest BCUT2D eigenvalue weighted by Crippen LogP contribution is -2.53. The molecule has 9 heteroatoms. The van der Waals surface area contributed by atoms with Gasteiger partial charge in [0.15, 0.2) is 16.6 Å². The summed E-state index contributed by atoms with van der Waals surface area (Å²) in [5, 5.41) is 0. The first kappa shape index (κ1) is 24.4. The molecule has 0 aromatic rings. The van der Waals surface area contributed by atoms with Gasteiger partial charge in [0, 0.05) is 6.42 Å². The maximum Gasteiger partial charge on any atom is 0.404 e. The highest BCUT2D eigenvalue weighted by Gasteiger charge is 2.45. The third-order valence-electron chi connectivity index (χ3n) is 2.69. The summed E-state index contributed by atoms with van der Waals surface area (Å²) < 4.78 is 24.0. The Morgan fingerprint density at radius 2 is 1.36 bits per heavy atom. The van der Waals surface area contributed by atoms with Crippen molar-refractivity contribution in [1.82, 2.24) is 0 Å². The third-order valence-corrected chi connectivity index (χ3v) is 5.43. The van der Waals surface area contributed by atoms with Gasteiger partial charge >= 0.3 is 6.09 Å². The standard InChI is InChI=1S/C16H37NO5Si3/c1-14(20-23(2,3)4)16(21-24(5,6)7,22-25(8,9)10)12-11-13-19-15(17)18/h1,11-13H2,2-10H3,(H2,17,18). The van der Waals surface area contributed by atoms with Crippen LogP contribution in [0.25, 0.3) is 0 Å². The smallest absolute Gasteiger partial charge is 0.404 e. The minimum Gasteiger partial charge on any atom is -0.544 e. The summed E-state index contributed by atoms with van der Waals surface area (Å²) in [5.74, 6) is -0.494. The van der Waals surface area contributed by atoms with Crippen LogP contribution in [0.15, 0.2) is 12.3 Å². The van der Waals surface area contributed by atoms with E-state index in [0.717, 1.165) is 0 Å². The van der Waals surface area contributed by atoms with E-state index in [4.69, 9.17) is 23.7 Å². The Morgan fingerprint density at radius 1 is 0.920 bits per heavy atom. The maximum atomic E-state index is 10.8. The molecule has 0 spiro atoms. The predicted molar refractivity (Wildman–Crippen MR) is 110 cm³/mol.